The van der Waals surface area contributed by atoms with Gasteiger partial charge in [0, 0.05) is 35.8 Å². The van der Waals surface area contributed by atoms with Crippen molar-refractivity contribution in [1.29, 1.82) is 0 Å². The number of nitrogens with one attached hydrogen (secondary N) is 2. The number of hydrogen-bond acceptors (Lipinski definition) is 4. The molecule has 0 bridgehead atoms. The highest BCUT2D eigenvalue weighted by Gasteiger charge is 2.15. The van der Waals surface area contributed by atoms with Crippen LogP contribution in [0.2, 0.25) is 0 Å². The molecular weight excluding hydrogens is 350 g/mol. The van der Waals surface area contributed by atoms with E-state index in [4.69, 9.17) is 10.2 Å². The van der Waals surface area contributed by atoms with Gasteiger partial charge in [-0.15, -0.1) is 0 Å². The van der Waals surface area contributed by atoms with Crippen molar-refractivity contribution in [3.05, 3.63) is 47.7 Å². The monoisotopic (exact) mass is 377 g/mol. The number of hydrogen-bond donors (Lipinski definition) is 4. The lowest BCUT2D eigenvalue weighted by Crippen LogP contribution is -2.04. The SMILES string of the molecule is CC(C)Cc1c(-c2ccc(NCCO)cc2)[nH]c2ncc(C#CCCO)cc12. The molecule has 1 aromatic carbocycles. The van der Waals surface area contributed by atoms with Crippen LogP contribution in [0.4, 0.5) is 5.69 Å². The minimum Gasteiger partial charge on any atom is -0.395 e. The smallest absolute Gasteiger partial charge is 0.138 e. The molecule has 2 aromatic heterocycles. The Hall–Kier alpha value is -2.81. The highest BCUT2D eigenvalue weighted by atomic mass is 16.3. The number of fused-ring (bicyclic) bond motifs is 1. The number of aliphatic hydroxyl groups is 2. The third-order valence-corrected chi connectivity index (χ3v) is 4.45. The number of pyridine rings is 1. The van der Waals surface area contributed by atoms with E-state index in [1.54, 1.807) is 6.20 Å². The van der Waals surface area contributed by atoms with Crippen LogP contribution in [0.3, 0.4) is 0 Å². The van der Waals surface area contributed by atoms with Gasteiger partial charge < -0.3 is 20.5 Å². The van der Waals surface area contributed by atoms with E-state index in [2.05, 4.69) is 59.2 Å². The normalized spacial score (nSPS) is 10.9. The molecule has 0 spiro atoms. The van der Waals surface area contributed by atoms with E-state index < -0.39 is 0 Å². The molecule has 146 valence electrons. The van der Waals surface area contributed by atoms with Gasteiger partial charge in [0.1, 0.15) is 5.65 Å². The molecule has 28 heavy (non-hydrogen) atoms. The van der Waals surface area contributed by atoms with E-state index in [1.165, 1.54) is 5.56 Å². The first kappa shape index (κ1) is 19.9. The van der Waals surface area contributed by atoms with Crippen LogP contribution in [0.1, 0.15) is 31.4 Å². The maximum Gasteiger partial charge on any atom is 0.138 e. The molecule has 3 rings (SSSR count). The minimum atomic E-state index is 0.0682. The second kappa shape index (κ2) is 9.41. The Kier molecular flexibility index (Phi) is 6.70. The average Bonchev–Trinajstić information content (AvgIpc) is 3.04. The molecule has 0 amide bonds. The number of rotatable bonds is 7. The van der Waals surface area contributed by atoms with Crippen molar-refractivity contribution in [2.75, 3.05) is 25.1 Å². The van der Waals surface area contributed by atoms with Gasteiger partial charge in [-0.05, 0) is 41.7 Å². The van der Waals surface area contributed by atoms with Gasteiger partial charge in [0.15, 0.2) is 0 Å². The molecule has 2 heterocycles. The maximum absolute atomic E-state index is 8.96. The van der Waals surface area contributed by atoms with E-state index in [0.29, 0.717) is 18.9 Å². The van der Waals surface area contributed by atoms with Crippen LogP contribution in [-0.2, 0) is 6.42 Å². The van der Waals surface area contributed by atoms with Crippen molar-refractivity contribution in [2.24, 2.45) is 5.92 Å². The van der Waals surface area contributed by atoms with E-state index in [-0.39, 0.29) is 13.2 Å². The van der Waals surface area contributed by atoms with E-state index in [0.717, 1.165) is 40.0 Å². The molecule has 4 N–H and O–H groups in total. The van der Waals surface area contributed by atoms with Crippen LogP contribution in [-0.4, -0.2) is 39.9 Å². The summed E-state index contributed by atoms with van der Waals surface area (Å²) in [6.45, 7) is 5.14. The topological polar surface area (TPSA) is 81.2 Å². The second-order valence-corrected chi connectivity index (χ2v) is 7.20. The summed E-state index contributed by atoms with van der Waals surface area (Å²) >= 11 is 0. The number of H-pyrrole nitrogens is 1. The summed E-state index contributed by atoms with van der Waals surface area (Å²) in [6, 6.07) is 10.3. The van der Waals surface area contributed by atoms with Gasteiger partial charge in [0.05, 0.1) is 18.9 Å². The zero-order chi connectivity index (χ0) is 19.9. The summed E-state index contributed by atoms with van der Waals surface area (Å²) < 4.78 is 0. The first-order chi connectivity index (χ1) is 13.6. The lowest BCUT2D eigenvalue weighted by Gasteiger charge is -2.09. The van der Waals surface area contributed by atoms with Crippen LogP contribution in [0.25, 0.3) is 22.3 Å². The zero-order valence-electron chi connectivity index (χ0n) is 16.4. The molecule has 0 radical (unpaired) electrons. The molecule has 5 nitrogen and oxygen atoms in total. The summed E-state index contributed by atoms with van der Waals surface area (Å²) in [5, 5.41) is 22.1. The minimum absolute atomic E-state index is 0.0682. The summed E-state index contributed by atoms with van der Waals surface area (Å²) in [6.07, 6.45) is 3.18. The molecule has 0 fully saturated rings. The van der Waals surface area contributed by atoms with Crippen LogP contribution >= 0.6 is 0 Å². The van der Waals surface area contributed by atoms with Crippen molar-refractivity contribution >= 4 is 16.7 Å². The van der Waals surface area contributed by atoms with Gasteiger partial charge in [-0.3, -0.25) is 0 Å². The molecule has 0 atom stereocenters. The number of aromatic nitrogens is 2. The van der Waals surface area contributed by atoms with Gasteiger partial charge >= 0.3 is 0 Å². The highest BCUT2D eigenvalue weighted by Crippen LogP contribution is 2.32. The van der Waals surface area contributed by atoms with Gasteiger partial charge in [0.2, 0.25) is 0 Å². The van der Waals surface area contributed by atoms with E-state index in [9.17, 15) is 0 Å². The molecule has 3 aromatic rings. The Labute approximate surface area is 165 Å². The van der Waals surface area contributed by atoms with Crippen LogP contribution in [0.5, 0.6) is 0 Å². The van der Waals surface area contributed by atoms with Crippen LogP contribution in [0, 0.1) is 17.8 Å². The Bertz CT molecular complexity index is 979. The quantitative estimate of drug-likeness (QED) is 0.475. The number of benzene rings is 1. The summed E-state index contributed by atoms with van der Waals surface area (Å²) in [7, 11) is 0. The summed E-state index contributed by atoms with van der Waals surface area (Å²) in [5.41, 5.74) is 6.15. The molecular formula is C23H27N3O2. The maximum atomic E-state index is 8.96. The molecule has 0 saturated heterocycles. The first-order valence-corrected chi connectivity index (χ1v) is 9.68. The van der Waals surface area contributed by atoms with Crippen LogP contribution in [0.15, 0.2) is 36.5 Å². The summed E-state index contributed by atoms with van der Waals surface area (Å²) in [4.78, 5) is 8.05. The van der Waals surface area contributed by atoms with Gasteiger partial charge in [0.25, 0.3) is 0 Å². The van der Waals surface area contributed by atoms with Crippen molar-refractivity contribution in [1.82, 2.24) is 9.97 Å². The fraction of sp³-hybridized carbons (Fsp3) is 0.348. The zero-order valence-corrected chi connectivity index (χ0v) is 16.4. The van der Waals surface area contributed by atoms with Crippen molar-refractivity contribution in [3.8, 4) is 23.1 Å². The average molecular weight is 377 g/mol. The lowest BCUT2D eigenvalue weighted by molar-refractivity contribution is 0.305. The molecule has 5 heteroatoms. The predicted octanol–water partition coefficient (Wildman–Crippen LogP) is 3.57. The molecule has 0 unspecified atom stereocenters. The molecule has 0 aliphatic rings. The Morgan fingerprint density at radius 3 is 2.61 bits per heavy atom. The lowest BCUT2D eigenvalue weighted by atomic mass is 9.97. The largest absolute Gasteiger partial charge is 0.395 e. The predicted molar refractivity (Wildman–Crippen MR) is 114 cm³/mol. The van der Waals surface area contributed by atoms with E-state index >= 15 is 0 Å². The Morgan fingerprint density at radius 2 is 1.93 bits per heavy atom. The van der Waals surface area contributed by atoms with Crippen LogP contribution < -0.4 is 5.32 Å². The number of anilines is 1. The summed E-state index contributed by atoms with van der Waals surface area (Å²) in [5.74, 6) is 6.55. The number of nitrogens with zero attached hydrogens (tertiary/aromatic N) is 1. The van der Waals surface area contributed by atoms with Crippen molar-refractivity contribution < 1.29 is 10.2 Å². The Morgan fingerprint density at radius 1 is 1.14 bits per heavy atom. The van der Waals surface area contributed by atoms with Gasteiger partial charge in [-0.25, -0.2) is 4.98 Å². The standard InChI is InChI=1S/C23H27N3O2/c1-16(2)13-20-21-14-17(5-3-4-11-27)15-25-23(21)26-22(20)18-6-8-19(9-7-18)24-10-12-28/h6-9,14-16,24,27-28H,4,10-13H2,1-2H3,(H,25,26). The fourth-order valence-electron chi connectivity index (χ4n) is 3.23. The van der Waals surface area contributed by atoms with Crippen molar-refractivity contribution in [2.45, 2.75) is 26.7 Å². The second-order valence-electron chi connectivity index (χ2n) is 7.20. The Balaban J connectivity index is 2.02. The van der Waals surface area contributed by atoms with Gasteiger partial charge in [-0.2, -0.15) is 0 Å². The third kappa shape index (κ3) is 4.72. The number of aromatic amines is 1. The highest BCUT2D eigenvalue weighted by molar-refractivity contribution is 5.89. The van der Waals surface area contributed by atoms with E-state index in [1.807, 2.05) is 12.1 Å². The molecule has 0 saturated carbocycles. The van der Waals surface area contributed by atoms with Crippen molar-refractivity contribution in [3.63, 3.8) is 0 Å². The fourth-order valence-corrected chi connectivity index (χ4v) is 3.23. The first-order valence-electron chi connectivity index (χ1n) is 9.68. The number of aliphatic hydroxyl groups excluding tert-OH is 2. The third-order valence-electron chi connectivity index (χ3n) is 4.45. The molecule has 0 aliphatic heterocycles. The van der Waals surface area contributed by atoms with Gasteiger partial charge in [-0.1, -0.05) is 37.8 Å². The molecule has 0 aliphatic carbocycles.